The maximum absolute atomic E-state index is 12.2. The predicted molar refractivity (Wildman–Crippen MR) is 84.5 cm³/mol. The van der Waals surface area contributed by atoms with E-state index >= 15 is 0 Å². The zero-order valence-corrected chi connectivity index (χ0v) is 14.5. The third kappa shape index (κ3) is 4.12. The summed E-state index contributed by atoms with van der Waals surface area (Å²) < 4.78 is 0. The van der Waals surface area contributed by atoms with Gasteiger partial charge in [0.2, 0.25) is 0 Å². The average Bonchev–Trinajstić information content (AvgIpc) is 2.35. The van der Waals surface area contributed by atoms with Crippen molar-refractivity contribution in [2.24, 2.45) is 0 Å². The van der Waals surface area contributed by atoms with Crippen LogP contribution in [-0.2, 0) is 0 Å². The summed E-state index contributed by atoms with van der Waals surface area (Å²) in [5.41, 5.74) is 0.151. The molecule has 2 nitrogen and oxygen atoms in total. The van der Waals surface area contributed by atoms with Crippen molar-refractivity contribution in [3.63, 3.8) is 0 Å². The van der Waals surface area contributed by atoms with Gasteiger partial charge in [-0.2, -0.15) is 0 Å². The van der Waals surface area contributed by atoms with Gasteiger partial charge in [-0.05, 0) is 24.6 Å². The van der Waals surface area contributed by atoms with E-state index < -0.39 is 0 Å². The average molecular weight is 418 g/mol. The number of halogens is 4. The Kier molecular flexibility index (Phi) is 6.45. The molecule has 0 saturated heterocycles. The number of hydrogen-bond acceptors (Lipinski definition) is 1. The standard InChI is InChI=1S/C12H13Br2Cl2NO/c1-2-12(6-13,7-14)17-11(18)8-3-9(15)5-10(16)4-8/h3-5H,2,6-7H2,1H3,(H,17,18). The van der Waals surface area contributed by atoms with Gasteiger partial charge in [-0.15, -0.1) is 0 Å². The normalized spacial score (nSPS) is 11.4. The smallest absolute Gasteiger partial charge is 0.251 e. The van der Waals surface area contributed by atoms with Gasteiger partial charge in [0.25, 0.3) is 5.91 Å². The first kappa shape index (κ1) is 16.3. The molecule has 1 N–H and O–H groups in total. The Balaban J connectivity index is 2.94. The van der Waals surface area contributed by atoms with Crippen LogP contribution < -0.4 is 5.32 Å². The van der Waals surface area contributed by atoms with Crippen LogP contribution in [0.15, 0.2) is 18.2 Å². The lowest BCUT2D eigenvalue weighted by Crippen LogP contribution is -2.51. The van der Waals surface area contributed by atoms with Gasteiger partial charge in [-0.1, -0.05) is 62.0 Å². The Morgan fingerprint density at radius 3 is 2.11 bits per heavy atom. The number of hydrogen-bond donors (Lipinski definition) is 1. The molecule has 1 rings (SSSR count). The molecule has 0 aliphatic heterocycles. The van der Waals surface area contributed by atoms with Gasteiger partial charge in [-0.3, -0.25) is 4.79 Å². The lowest BCUT2D eigenvalue weighted by atomic mass is 10.0. The minimum absolute atomic E-state index is 0.180. The van der Waals surface area contributed by atoms with Crippen molar-refractivity contribution in [1.82, 2.24) is 5.32 Å². The number of amides is 1. The Bertz CT molecular complexity index is 408. The highest BCUT2D eigenvalue weighted by Crippen LogP contribution is 2.21. The molecule has 1 amide bonds. The van der Waals surface area contributed by atoms with Crippen LogP contribution in [0.1, 0.15) is 23.7 Å². The summed E-state index contributed by atoms with van der Waals surface area (Å²) in [6.07, 6.45) is 0.809. The van der Waals surface area contributed by atoms with Crippen molar-refractivity contribution in [2.75, 3.05) is 10.7 Å². The fourth-order valence-electron chi connectivity index (χ4n) is 1.38. The second-order valence-electron chi connectivity index (χ2n) is 4.01. The Morgan fingerprint density at radius 2 is 1.72 bits per heavy atom. The second kappa shape index (κ2) is 7.13. The van der Waals surface area contributed by atoms with Gasteiger partial charge in [0.1, 0.15) is 0 Å². The highest BCUT2D eigenvalue weighted by Gasteiger charge is 2.28. The number of carbonyl (C=O) groups is 1. The summed E-state index contributed by atoms with van der Waals surface area (Å²) in [6.45, 7) is 2.02. The number of rotatable bonds is 5. The lowest BCUT2D eigenvalue weighted by molar-refractivity contribution is 0.0915. The SMILES string of the molecule is CCC(CBr)(CBr)NC(=O)c1cc(Cl)cc(Cl)c1. The molecule has 18 heavy (non-hydrogen) atoms. The van der Waals surface area contributed by atoms with Crippen molar-refractivity contribution in [2.45, 2.75) is 18.9 Å². The molecule has 0 saturated carbocycles. The molecule has 0 atom stereocenters. The summed E-state index contributed by atoms with van der Waals surface area (Å²) in [5.74, 6) is -0.180. The second-order valence-corrected chi connectivity index (χ2v) is 6.01. The van der Waals surface area contributed by atoms with Crippen molar-refractivity contribution in [1.29, 1.82) is 0 Å². The van der Waals surface area contributed by atoms with Crippen LogP contribution in [0.5, 0.6) is 0 Å². The maximum Gasteiger partial charge on any atom is 0.251 e. The van der Waals surface area contributed by atoms with Crippen LogP contribution in [0.4, 0.5) is 0 Å². The zero-order valence-electron chi connectivity index (χ0n) is 9.77. The van der Waals surface area contributed by atoms with E-state index in [-0.39, 0.29) is 11.4 Å². The summed E-state index contributed by atoms with van der Waals surface area (Å²) in [7, 11) is 0. The van der Waals surface area contributed by atoms with Crippen LogP contribution >= 0.6 is 55.1 Å². The zero-order chi connectivity index (χ0) is 13.8. The molecule has 1 aromatic rings. The van der Waals surface area contributed by atoms with Gasteiger partial charge in [-0.25, -0.2) is 0 Å². The molecule has 0 spiro atoms. The molecule has 0 bridgehead atoms. The van der Waals surface area contributed by atoms with E-state index in [1.165, 1.54) is 0 Å². The topological polar surface area (TPSA) is 29.1 Å². The number of benzene rings is 1. The molecule has 0 aromatic heterocycles. The molecule has 0 unspecified atom stereocenters. The van der Waals surface area contributed by atoms with Gasteiger partial charge in [0.15, 0.2) is 0 Å². The highest BCUT2D eigenvalue weighted by atomic mass is 79.9. The van der Waals surface area contributed by atoms with Crippen LogP contribution in [0.25, 0.3) is 0 Å². The van der Waals surface area contributed by atoms with Crippen molar-refractivity contribution < 1.29 is 4.79 Å². The third-order valence-corrected chi connectivity index (χ3v) is 5.27. The predicted octanol–water partition coefficient (Wildman–Crippen LogP) is 4.66. The number of nitrogens with one attached hydrogen (secondary N) is 1. The summed E-state index contributed by atoms with van der Waals surface area (Å²) in [5, 5.41) is 5.24. The molecule has 0 aliphatic carbocycles. The molecule has 0 aliphatic rings. The van der Waals surface area contributed by atoms with E-state index in [1.54, 1.807) is 18.2 Å². The van der Waals surface area contributed by atoms with Gasteiger partial charge in [0, 0.05) is 26.3 Å². The van der Waals surface area contributed by atoms with Crippen LogP contribution in [-0.4, -0.2) is 22.1 Å². The fraction of sp³-hybridized carbons (Fsp3) is 0.417. The highest BCUT2D eigenvalue weighted by molar-refractivity contribution is 9.09. The summed E-state index contributed by atoms with van der Waals surface area (Å²) >= 11 is 18.6. The first-order valence-corrected chi connectivity index (χ1v) is 8.37. The minimum atomic E-state index is -0.314. The van der Waals surface area contributed by atoms with Gasteiger partial charge < -0.3 is 5.32 Å². The van der Waals surface area contributed by atoms with Gasteiger partial charge >= 0.3 is 0 Å². The molecule has 0 radical (unpaired) electrons. The van der Waals surface area contributed by atoms with E-state index in [9.17, 15) is 4.79 Å². The maximum atomic E-state index is 12.2. The largest absolute Gasteiger partial charge is 0.345 e. The number of carbonyl (C=O) groups excluding carboxylic acids is 1. The van der Waals surface area contributed by atoms with Gasteiger partial charge in [0.05, 0.1) is 5.54 Å². The van der Waals surface area contributed by atoms with Crippen molar-refractivity contribution in [3.05, 3.63) is 33.8 Å². The summed E-state index contributed by atoms with van der Waals surface area (Å²) in [6, 6.07) is 4.80. The van der Waals surface area contributed by atoms with E-state index in [1.807, 2.05) is 6.92 Å². The first-order valence-electron chi connectivity index (χ1n) is 5.37. The van der Waals surface area contributed by atoms with E-state index in [0.29, 0.717) is 26.3 Å². The van der Waals surface area contributed by atoms with Crippen LogP contribution in [0.2, 0.25) is 10.0 Å². The molecular weight excluding hydrogens is 405 g/mol. The Hall–Kier alpha value is 0.230. The fourth-order valence-corrected chi connectivity index (χ4v) is 3.91. The molecule has 100 valence electrons. The monoisotopic (exact) mass is 415 g/mol. The van der Waals surface area contributed by atoms with Crippen molar-refractivity contribution >= 4 is 61.0 Å². The molecule has 0 fully saturated rings. The minimum Gasteiger partial charge on any atom is -0.345 e. The Labute approximate surface area is 134 Å². The van der Waals surface area contributed by atoms with Crippen molar-refractivity contribution in [3.8, 4) is 0 Å². The lowest BCUT2D eigenvalue weighted by Gasteiger charge is -2.30. The van der Waals surface area contributed by atoms with E-state index in [4.69, 9.17) is 23.2 Å². The van der Waals surface area contributed by atoms with E-state index in [2.05, 4.69) is 37.2 Å². The Morgan fingerprint density at radius 1 is 1.22 bits per heavy atom. The van der Waals surface area contributed by atoms with E-state index in [0.717, 1.165) is 6.42 Å². The molecular formula is C12H13Br2Cl2NO. The molecule has 1 aromatic carbocycles. The number of alkyl halides is 2. The molecule has 0 heterocycles. The first-order chi connectivity index (χ1) is 8.46. The quantitative estimate of drug-likeness (QED) is 0.693. The molecule has 6 heteroatoms. The van der Waals surface area contributed by atoms with Crippen LogP contribution in [0, 0.1) is 0 Å². The summed E-state index contributed by atoms with van der Waals surface area (Å²) in [4.78, 5) is 12.2. The third-order valence-electron chi connectivity index (χ3n) is 2.69. The van der Waals surface area contributed by atoms with Crippen LogP contribution in [0.3, 0.4) is 0 Å².